The maximum Gasteiger partial charge on any atom is 0.236 e. The van der Waals surface area contributed by atoms with Gasteiger partial charge in [0, 0.05) is 60.9 Å². The number of nitrogens with zero attached hydrogens (tertiary/aromatic N) is 5. The van der Waals surface area contributed by atoms with Gasteiger partial charge in [0.05, 0.1) is 23.7 Å². The lowest BCUT2D eigenvalue weighted by Gasteiger charge is -2.35. The molecule has 4 aromatic rings. The Morgan fingerprint density at radius 3 is 2.66 bits per heavy atom. The van der Waals surface area contributed by atoms with Gasteiger partial charge >= 0.3 is 0 Å². The highest BCUT2D eigenvalue weighted by Gasteiger charge is 2.31. The summed E-state index contributed by atoms with van der Waals surface area (Å²) in [6, 6.07) is 11.8. The molecule has 2 N–H and O–H groups in total. The maximum absolute atomic E-state index is 13.3. The van der Waals surface area contributed by atoms with Crippen molar-refractivity contribution >= 4 is 44.9 Å². The number of fused-ring (bicyclic) bond motifs is 1. The lowest BCUT2D eigenvalue weighted by molar-refractivity contribution is -0.132. The zero-order valence-corrected chi connectivity index (χ0v) is 21.6. The minimum absolute atomic E-state index is 0.0526. The molecule has 2 aromatic carbocycles. The van der Waals surface area contributed by atoms with E-state index in [0.29, 0.717) is 44.0 Å². The fourth-order valence-electron chi connectivity index (χ4n) is 5.16. The fourth-order valence-corrected chi connectivity index (χ4v) is 5.86. The molecule has 196 valence electrons. The molecule has 11 heteroatoms. The quantitative estimate of drug-likeness (QED) is 0.394. The van der Waals surface area contributed by atoms with E-state index in [1.54, 1.807) is 29.7 Å². The van der Waals surface area contributed by atoms with Gasteiger partial charge < -0.3 is 15.1 Å². The number of halogens is 1. The van der Waals surface area contributed by atoms with E-state index in [1.165, 1.54) is 12.1 Å². The van der Waals surface area contributed by atoms with Crippen LogP contribution in [0.1, 0.15) is 6.42 Å². The zero-order valence-electron chi connectivity index (χ0n) is 20.8. The van der Waals surface area contributed by atoms with E-state index in [4.69, 9.17) is 0 Å². The highest BCUT2D eigenvalue weighted by molar-refractivity contribution is 7.13. The summed E-state index contributed by atoms with van der Waals surface area (Å²) in [6.07, 6.45) is 2.52. The summed E-state index contributed by atoms with van der Waals surface area (Å²) in [5.74, 6) is -0.420. The molecule has 2 fully saturated rings. The van der Waals surface area contributed by atoms with Gasteiger partial charge in [0.25, 0.3) is 0 Å². The van der Waals surface area contributed by atoms with E-state index in [9.17, 15) is 14.0 Å². The number of piperazine rings is 1. The van der Waals surface area contributed by atoms with Gasteiger partial charge in [-0.05, 0) is 55.4 Å². The third-order valence-electron chi connectivity index (χ3n) is 7.27. The van der Waals surface area contributed by atoms with Gasteiger partial charge in [-0.3, -0.25) is 19.6 Å². The molecule has 0 radical (unpaired) electrons. The lowest BCUT2D eigenvalue weighted by atomic mass is 10.1. The minimum atomic E-state index is -0.303. The van der Waals surface area contributed by atoms with Crippen LogP contribution in [-0.2, 0) is 9.59 Å². The van der Waals surface area contributed by atoms with Gasteiger partial charge in [-0.2, -0.15) is 5.10 Å². The molecular formula is C27H28FN7O2S. The molecule has 2 aliphatic heterocycles. The van der Waals surface area contributed by atoms with Crippen molar-refractivity contribution < 1.29 is 14.0 Å². The van der Waals surface area contributed by atoms with E-state index >= 15 is 0 Å². The molecule has 9 nitrogen and oxygen atoms in total. The molecule has 38 heavy (non-hydrogen) atoms. The van der Waals surface area contributed by atoms with E-state index in [2.05, 4.69) is 30.3 Å². The molecule has 1 unspecified atom stereocenters. The number of H-pyrrole nitrogens is 1. The number of hydrogen-bond acceptors (Lipinski definition) is 7. The number of hydrogen-bond donors (Lipinski definition) is 2. The molecule has 4 heterocycles. The molecule has 6 rings (SSSR count). The number of aromatic nitrogens is 3. The van der Waals surface area contributed by atoms with Gasteiger partial charge in [-0.1, -0.05) is 0 Å². The fraction of sp³-hybridized carbons (Fsp3) is 0.333. The number of carbonyl (C=O) groups is 2. The normalized spacial score (nSPS) is 18.3. The number of rotatable bonds is 6. The first-order valence-electron chi connectivity index (χ1n) is 12.7. The second-order valence-electron chi connectivity index (χ2n) is 9.73. The zero-order chi connectivity index (χ0) is 26.1. The molecule has 0 bridgehead atoms. The van der Waals surface area contributed by atoms with E-state index in [-0.39, 0.29) is 23.5 Å². The van der Waals surface area contributed by atoms with E-state index < -0.39 is 0 Å². The second-order valence-corrected chi connectivity index (χ2v) is 10.6. The standard InChI is InChI=1S/C27H28FN7O2S/c28-20-3-1-18(2-4-20)25-22-15-21(5-6-23(22)31-32-25)30-26(37)19-7-9-33(16-19)17-24(36)34-10-12-35(13-11-34)27-29-8-14-38-27/h1-6,8,14-15,19H,7,9-13,16-17H2,(H,30,37)(H,31,32). The maximum atomic E-state index is 13.3. The minimum Gasteiger partial charge on any atom is -0.345 e. The first-order valence-corrected chi connectivity index (χ1v) is 13.6. The Hall–Kier alpha value is -3.83. The number of thiazole rings is 1. The first kappa shape index (κ1) is 24.5. The Bertz CT molecular complexity index is 1430. The van der Waals surface area contributed by atoms with Crippen LogP contribution in [-0.4, -0.2) is 82.6 Å². The summed E-state index contributed by atoms with van der Waals surface area (Å²) < 4.78 is 13.3. The predicted octanol–water partition coefficient (Wildman–Crippen LogP) is 3.43. The third kappa shape index (κ3) is 5.11. The van der Waals surface area contributed by atoms with Crippen molar-refractivity contribution in [2.24, 2.45) is 5.92 Å². The van der Waals surface area contributed by atoms with Crippen molar-refractivity contribution in [3.8, 4) is 11.3 Å². The van der Waals surface area contributed by atoms with E-state index in [0.717, 1.165) is 41.2 Å². The summed E-state index contributed by atoms with van der Waals surface area (Å²) in [5, 5.41) is 14.2. The average Bonchev–Trinajstić information content (AvgIpc) is 3.71. The van der Waals surface area contributed by atoms with Crippen molar-refractivity contribution in [3.05, 3.63) is 59.9 Å². The monoisotopic (exact) mass is 533 g/mol. The molecule has 0 saturated carbocycles. The number of aromatic amines is 1. The van der Waals surface area contributed by atoms with Gasteiger partial charge in [-0.25, -0.2) is 9.37 Å². The summed E-state index contributed by atoms with van der Waals surface area (Å²) in [6.45, 7) is 4.56. The number of likely N-dealkylation sites (tertiary alicyclic amines) is 1. The first-order chi connectivity index (χ1) is 18.5. The molecule has 2 saturated heterocycles. The molecule has 1 atom stereocenters. The van der Waals surface area contributed by atoms with Gasteiger partial charge in [-0.15, -0.1) is 11.3 Å². The highest BCUT2D eigenvalue weighted by atomic mass is 32.1. The predicted molar refractivity (Wildman–Crippen MR) is 146 cm³/mol. The van der Waals surface area contributed by atoms with E-state index in [1.807, 2.05) is 28.5 Å². The number of amides is 2. The number of carbonyl (C=O) groups excluding carboxylic acids is 2. The Morgan fingerprint density at radius 1 is 1.08 bits per heavy atom. The third-order valence-corrected chi connectivity index (χ3v) is 8.10. The largest absolute Gasteiger partial charge is 0.345 e. The second kappa shape index (κ2) is 10.5. The van der Waals surface area contributed by atoms with Crippen LogP contribution in [0.15, 0.2) is 54.0 Å². The number of anilines is 2. The summed E-state index contributed by atoms with van der Waals surface area (Å²) in [4.78, 5) is 36.5. The number of nitrogens with one attached hydrogen (secondary N) is 2. The van der Waals surface area contributed by atoms with Crippen molar-refractivity contribution in [2.75, 3.05) is 56.0 Å². The average molecular weight is 534 g/mol. The van der Waals surface area contributed by atoms with Crippen molar-refractivity contribution in [1.82, 2.24) is 25.0 Å². The molecule has 0 spiro atoms. The topological polar surface area (TPSA) is 97.5 Å². The van der Waals surface area contributed by atoms with Crippen molar-refractivity contribution in [2.45, 2.75) is 6.42 Å². The van der Waals surface area contributed by atoms with Crippen LogP contribution in [0.3, 0.4) is 0 Å². The van der Waals surface area contributed by atoms with Crippen molar-refractivity contribution in [3.63, 3.8) is 0 Å². The van der Waals surface area contributed by atoms with Crippen LogP contribution >= 0.6 is 11.3 Å². The Balaban J connectivity index is 1.03. The Labute approximate surface area is 223 Å². The molecule has 2 aliphatic rings. The summed E-state index contributed by atoms with van der Waals surface area (Å²) in [5.41, 5.74) is 3.01. The smallest absolute Gasteiger partial charge is 0.236 e. The molecule has 2 amide bonds. The van der Waals surface area contributed by atoms with Crippen LogP contribution < -0.4 is 10.2 Å². The van der Waals surface area contributed by atoms with Gasteiger partial charge in [0.1, 0.15) is 5.82 Å². The van der Waals surface area contributed by atoms with Gasteiger partial charge in [0.15, 0.2) is 5.13 Å². The summed E-state index contributed by atoms with van der Waals surface area (Å²) in [7, 11) is 0. The van der Waals surface area contributed by atoms with Crippen molar-refractivity contribution in [1.29, 1.82) is 0 Å². The molecule has 2 aromatic heterocycles. The molecule has 0 aliphatic carbocycles. The number of benzene rings is 2. The Kier molecular flexibility index (Phi) is 6.77. The van der Waals surface area contributed by atoms with Crippen LogP contribution in [0.4, 0.5) is 15.2 Å². The SMILES string of the molecule is O=C(Nc1ccc2[nH]nc(-c3ccc(F)cc3)c2c1)C1CCN(CC(=O)N2CCN(c3nccs3)CC2)C1. The highest BCUT2D eigenvalue weighted by Crippen LogP contribution is 2.29. The van der Waals surface area contributed by atoms with Crippen LogP contribution in [0.2, 0.25) is 0 Å². The molecular weight excluding hydrogens is 505 g/mol. The van der Waals surface area contributed by atoms with Crippen LogP contribution in [0.5, 0.6) is 0 Å². The van der Waals surface area contributed by atoms with Crippen LogP contribution in [0, 0.1) is 11.7 Å². The summed E-state index contributed by atoms with van der Waals surface area (Å²) >= 11 is 1.62. The lowest BCUT2D eigenvalue weighted by Crippen LogP contribution is -2.51. The van der Waals surface area contributed by atoms with Crippen LogP contribution in [0.25, 0.3) is 22.2 Å². The Morgan fingerprint density at radius 2 is 1.89 bits per heavy atom. The van der Waals surface area contributed by atoms with Gasteiger partial charge in [0.2, 0.25) is 11.8 Å².